The number of urea groups is 1. The van der Waals surface area contributed by atoms with Crippen LogP contribution in [0.15, 0.2) is 71.5 Å². The maximum absolute atomic E-state index is 13.2. The van der Waals surface area contributed by atoms with E-state index in [1.807, 2.05) is 18.2 Å². The summed E-state index contributed by atoms with van der Waals surface area (Å²) >= 11 is 0. The van der Waals surface area contributed by atoms with Gasteiger partial charge in [0.15, 0.2) is 5.54 Å². The quantitative estimate of drug-likeness (QED) is 0.364. The number of aromatic nitrogens is 2. The number of methoxy groups -OCH3 is 1. The maximum atomic E-state index is 13.2. The van der Waals surface area contributed by atoms with Crippen LogP contribution in [0.4, 0.5) is 4.79 Å². The molecule has 0 unspecified atom stereocenters. The molecular formula is C27H21N5O5. The normalized spacial score (nSPS) is 18.6. The number of nitrogens with one attached hydrogen (secondary N) is 3. The zero-order valence-corrected chi connectivity index (χ0v) is 19.7. The number of benzene rings is 3. The highest BCUT2D eigenvalue weighted by Crippen LogP contribution is 2.33. The summed E-state index contributed by atoms with van der Waals surface area (Å²) < 4.78 is 5.24. The minimum Gasteiger partial charge on any atom is -0.497 e. The van der Waals surface area contributed by atoms with Crippen molar-refractivity contribution >= 4 is 28.9 Å². The summed E-state index contributed by atoms with van der Waals surface area (Å²) in [5, 5.41) is 5.02. The first-order valence-corrected chi connectivity index (χ1v) is 11.6. The van der Waals surface area contributed by atoms with E-state index in [1.54, 1.807) is 48.5 Å². The molecule has 1 saturated heterocycles. The number of hydrogen-bond donors (Lipinski definition) is 3. The lowest BCUT2D eigenvalue weighted by atomic mass is 9.88. The number of nitrogens with zero attached hydrogens (tertiary/aromatic N) is 2. The summed E-state index contributed by atoms with van der Waals surface area (Å²) in [4.78, 5) is 60.0. The van der Waals surface area contributed by atoms with Crippen LogP contribution >= 0.6 is 0 Å². The summed E-state index contributed by atoms with van der Waals surface area (Å²) in [5.41, 5.74) is 1.99. The molecule has 3 N–H and O–H groups in total. The van der Waals surface area contributed by atoms with Crippen molar-refractivity contribution in [1.29, 1.82) is 0 Å². The average molecular weight is 495 g/mol. The Bertz CT molecular complexity index is 1660. The number of H-pyrrole nitrogens is 1. The predicted molar refractivity (Wildman–Crippen MR) is 134 cm³/mol. The van der Waals surface area contributed by atoms with Gasteiger partial charge in [-0.15, -0.1) is 0 Å². The lowest BCUT2D eigenvalue weighted by Crippen LogP contribution is -2.52. The van der Waals surface area contributed by atoms with Gasteiger partial charge in [0, 0.05) is 17.7 Å². The standard InChI is InChI=1S/C27H21N5O5/c1-37-18-11-8-16-13-32(24(34)19(16)12-18)14-27(25(35)30-26(36)31-27)17-9-6-15(7-10-17)22-23(33)29-21-5-3-2-4-20(21)28-22/h2-12H,13-14H2,1H3,(H,29,33)(H2,30,31,35,36)/t27-/m0/s1. The number of para-hydroxylation sites is 2. The second-order valence-corrected chi connectivity index (χ2v) is 9.01. The van der Waals surface area contributed by atoms with Crippen LogP contribution in [-0.4, -0.2) is 46.4 Å². The predicted octanol–water partition coefficient (Wildman–Crippen LogP) is 2.29. The fourth-order valence-electron chi connectivity index (χ4n) is 4.92. The molecule has 2 aliphatic heterocycles. The van der Waals surface area contributed by atoms with E-state index in [-0.39, 0.29) is 30.2 Å². The number of hydrogen-bond acceptors (Lipinski definition) is 6. The monoisotopic (exact) mass is 495 g/mol. The first-order valence-electron chi connectivity index (χ1n) is 11.6. The molecule has 4 aromatic rings. The molecule has 0 radical (unpaired) electrons. The number of ether oxygens (including phenoxy) is 1. The molecule has 1 atom stereocenters. The lowest BCUT2D eigenvalue weighted by molar-refractivity contribution is -0.124. The van der Waals surface area contributed by atoms with Gasteiger partial charge in [0.25, 0.3) is 17.4 Å². The van der Waals surface area contributed by atoms with E-state index in [4.69, 9.17) is 4.74 Å². The molecular weight excluding hydrogens is 474 g/mol. The van der Waals surface area contributed by atoms with Crippen molar-refractivity contribution in [2.45, 2.75) is 12.1 Å². The number of aromatic amines is 1. The molecule has 1 fully saturated rings. The number of imide groups is 1. The third-order valence-electron chi connectivity index (χ3n) is 6.82. The second-order valence-electron chi connectivity index (χ2n) is 9.01. The summed E-state index contributed by atoms with van der Waals surface area (Å²) in [6, 6.07) is 18.5. The van der Waals surface area contributed by atoms with E-state index >= 15 is 0 Å². The Morgan fingerprint density at radius 1 is 1.00 bits per heavy atom. The van der Waals surface area contributed by atoms with E-state index in [9.17, 15) is 19.2 Å². The van der Waals surface area contributed by atoms with Gasteiger partial charge >= 0.3 is 6.03 Å². The molecule has 10 heteroatoms. The largest absolute Gasteiger partial charge is 0.497 e. The second kappa shape index (κ2) is 8.30. The molecule has 3 heterocycles. The van der Waals surface area contributed by atoms with Crippen LogP contribution in [0.5, 0.6) is 5.75 Å². The van der Waals surface area contributed by atoms with Crippen LogP contribution in [0, 0.1) is 0 Å². The first kappa shape index (κ1) is 22.5. The third kappa shape index (κ3) is 3.61. The highest BCUT2D eigenvalue weighted by molar-refractivity contribution is 6.08. The fourth-order valence-corrected chi connectivity index (χ4v) is 4.92. The zero-order chi connectivity index (χ0) is 25.7. The van der Waals surface area contributed by atoms with Gasteiger partial charge in [-0.05, 0) is 35.4 Å². The van der Waals surface area contributed by atoms with Crippen LogP contribution in [-0.2, 0) is 16.9 Å². The number of fused-ring (bicyclic) bond motifs is 2. The molecule has 1 aromatic heterocycles. The van der Waals surface area contributed by atoms with Gasteiger partial charge in [-0.1, -0.05) is 42.5 Å². The Kier molecular flexibility index (Phi) is 5.04. The van der Waals surface area contributed by atoms with E-state index in [1.165, 1.54) is 12.0 Å². The molecule has 4 amide bonds. The van der Waals surface area contributed by atoms with Crippen molar-refractivity contribution in [3.05, 3.63) is 93.8 Å². The molecule has 184 valence electrons. The van der Waals surface area contributed by atoms with E-state index in [2.05, 4.69) is 20.6 Å². The fraction of sp³-hybridized carbons (Fsp3) is 0.148. The Morgan fingerprint density at radius 2 is 1.78 bits per heavy atom. The molecule has 0 saturated carbocycles. The van der Waals surface area contributed by atoms with Gasteiger partial charge in [-0.3, -0.25) is 19.7 Å². The highest BCUT2D eigenvalue weighted by Gasteiger charge is 2.50. The molecule has 0 aliphatic carbocycles. The van der Waals surface area contributed by atoms with Crippen molar-refractivity contribution in [2.75, 3.05) is 13.7 Å². The van der Waals surface area contributed by atoms with Crippen LogP contribution in [0.25, 0.3) is 22.3 Å². The molecule has 10 nitrogen and oxygen atoms in total. The van der Waals surface area contributed by atoms with Gasteiger partial charge in [0.1, 0.15) is 11.4 Å². The average Bonchev–Trinajstić information content (AvgIpc) is 3.37. The van der Waals surface area contributed by atoms with E-state index < -0.39 is 17.5 Å². The Balaban J connectivity index is 1.35. The van der Waals surface area contributed by atoms with Crippen molar-refractivity contribution in [2.24, 2.45) is 0 Å². The number of carbonyl (C=O) groups is 3. The van der Waals surface area contributed by atoms with Gasteiger partial charge in [-0.25, -0.2) is 9.78 Å². The number of carbonyl (C=O) groups excluding carboxylic acids is 3. The van der Waals surface area contributed by atoms with Gasteiger partial charge < -0.3 is 19.9 Å². The molecule has 0 spiro atoms. The minimum atomic E-state index is -1.50. The van der Waals surface area contributed by atoms with Crippen LogP contribution in [0.2, 0.25) is 0 Å². The van der Waals surface area contributed by atoms with Crippen molar-refractivity contribution in [1.82, 2.24) is 25.5 Å². The summed E-state index contributed by atoms with van der Waals surface area (Å²) in [7, 11) is 1.53. The Hall–Kier alpha value is -4.99. The van der Waals surface area contributed by atoms with Crippen LogP contribution in [0.3, 0.4) is 0 Å². The summed E-state index contributed by atoms with van der Waals surface area (Å²) in [5.74, 6) is -0.262. The van der Waals surface area contributed by atoms with Gasteiger partial charge in [0.2, 0.25) is 0 Å². The van der Waals surface area contributed by atoms with Crippen LogP contribution < -0.4 is 20.9 Å². The van der Waals surface area contributed by atoms with E-state index in [0.717, 1.165) is 5.56 Å². The van der Waals surface area contributed by atoms with Gasteiger partial charge in [-0.2, -0.15) is 0 Å². The summed E-state index contributed by atoms with van der Waals surface area (Å²) in [6.45, 7) is 0.214. The molecule has 6 rings (SSSR count). The van der Waals surface area contributed by atoms with Crippen molar-refractivity contribution in [3.63, 3.8) is 0 Å². The minimum absolute atomic E-state index is 0.0748. The molecule has 3 aromatic carbocycles. The van der Waals surface area contributed by atoms with Crippen molar-refractivity contribution < 1.29 is 19.1 Å². The Morgan fingerprint density at radius 3 is 2.51 bits per heavy atom. The Labute approximate surface area is 210 Å². The summed E-state index contributed by atoms with van der Waals surface area (Å²) in [6.07, 6.45) is 0. The highest BCUT2D eigenvalue weighted by atomic mass is 16.5. The number of rotatable bonds is 5. The number of amides is 4. The third-order valence-corrected chi connectivity index (χ3v) is 6.82. The van der Waals surface area contributed by atoms with Crippen LogP contribution in [0.1, 0.15) is 21.5 Å². The van der Waals surface area contributed by atoms with Crippen molar-refractivity contribution in [3.8, 4) is 17.0 Å². The lowest BCUT2D eigenvalue weighted by Gasteiger charge is -2.31. The van der Waals surface area contributed by atoms with E-state index in [0.29, 0.717) is 33.5 Å². The molecule has 2 aliphatic rings. The van der Waals surface area contributed by atoms with Gasteiger partial charge in [0.05, 0.1) is 24.7 Å². The molecule has 37 heavy (non-hydrogen) atoms. The smallest absolute Gasteiger partial charge is 0.322 e. The molecule has 0 bridgehead atoms. The zero-order valence-electron chi connectivity index (χ0n) is 19.7. The first-order chi connectivity index (χ1) is 17.9. The SMILES string of the molecule is COc1ccc2c(c1)C(=O)N(C[C@@]1(c3ccc(-c4nc5ccccc5[nH]c4=O)cc3)NC(=O)NC1=O)C2. The maximum Gasteiger partial charge on any atom is 0.322 e. The topological polar surface area (TPSA) is 133 Å².